The van der Waals surface area contributed by atoms with Crippen LogP contribution in [0.15, 0.2) is 29.2 Å². The average molecular weight is 175 g/mol. The Labute approximate surface area is 72.2 Å². The molecule has 1 N–H and O–H groups in total. The van der Waals surface area contributed by atoms with E-state index in [2.05, 4.69) is 10.5 Å². The van der Waals surface area contributed by atoms with Crippen LogP contribution in [0.3, 0.4) is 0 Å². The molecule has 0 amide bonds. The van der Waals surface area contributed by atoms with E-state index in [0.717, 1.165) is 0 Å². The van der Waals surface area contributed by atoms with Crippen molar-refractivity contribution in [2.75, 3.05) is 6.61 Å². The first-order valence-corrected chi connectivity index (χ1v) is 3.22. The Bertz CT molecular complexity index is 187. The summed E-state index contributed by atoms with van der Waals surface area (Å²) in [6.07, 6.45) is 7.20. The van der Waals surface area contributed by atoms with Gasteiger partial charge in [0.15, 0.2) is 0 Å². The van der Waals surface area contributed by atoms with Gasteiger partial charge in [0.05, 0.1) is 6.61 Å². The van der Waals surface area contributed by atoms with Crippen LogP contribution in [-0.4, -0.2) is 12.8 Å². The van der Waals surface area contributed by atoms with Crippen LogP contribution in [-0.2, 0) is 4.74 Å². The minimum atomic E-state index is 0. The Hall–Kier alpha value is -0.960. The highest BCUT2D eigenvalue weighted by Crippen LogP contribution is 1.94. The van der Waals surface area contributed by atoms with Gasteiger partial charge in [-0.2, -0.15) is 5.10 Å². The van der Waals surface area contributed by atoms with Crippen molar-refractivity contribution < 1.29 is 4.74 Å². The topological polar surface area (TPSA) is 33.6 Å². The van der Waals surface area contributed by atoms with Crippen LogP contribution in [0.4, 0.5) is 0 Å². The molecule has 0 aromatic heterocycles. The van der Waals surface area contributed by atoms with E-state index in [4.69, 9.17) is 4.74 Å². The molecule has 0 unspecified atom stereocenters. The fourth-order valence-corrected chi connectivity index (χ4v) is 0.610. The first-order chi connectivity index (χ1) is 4.93. The monoisotopic (exact) mass is 174 g/mol. The molecule has 3 nitrogen and oxygen atoms in total. The van der Waals surface area contributed by atoms with E-state index >= 15 is 0 Å². The van der Waals surface area contributed by atoms with E-state index in [1.807, 2.05) is 25.2 Å². The Kier molecular flexibility index (Phi) is 5.29. The Morgan fingerprint density at radius 1 is 1.55 bits per heavy atom. The van der Waals surface area contributed by atoms with E-state index in [1.54, 1.807) is 6.21 Å². The van der Waals surface area contributed by atoms with E-state index in [1.165, 1.54) is 0 Å². The zero-order chi connectivity index (χ0) is 7.23. The van der Waals surface area contributed by atoms with Gasteiger partial charge >= 0.3 is 0 Å². The molecule has 4 heteroatoms. The molecule has 0 saturated carbocycles. The number of ether oxygens (including phenoxy) is 1. The number of rotatable bonds is 2. The standard InChI is InChI=1S/C7H10N2O.ClH/c1-2-10-7-5-3-4-6-8-9-7;/h3-6,9H,2H2,1H3;1H. The van der Waals surface area contributed by atoms with Gasteiger partial charge in [-0.1, -0.05) is 6.08 Å². The lowest BCUT2D eigenvalue weighted by Gasteiger charge is -2.04. The second kappa shape index (κ2) is 5.80. The molecule has 1 rings (SSSR count). The Balaban J connectivity index is 0.000001000. The van der Waals surface area contributed by atoms with Gasteiger partial charge in [-0.25, -0.2) is 5.43 Å². The highest BCUT2D eigenvalue weighted by atomic mass is 35.5. The van der Waals surface area contributed by atoms with Gasteiger partial charge in [-0.05, 0) is 19.1 Å². The zero-order valence-electron chi connectivity index (χ0n) is 6.28. The molecule has 0 radical (unpaired) electrons. The summed E-state index contributed by atoms with van der Waals surface area (Å²) >= 11 is 0. The number of hydrazone groups is 1. The normalized spacial score (nSPS) is 14.1. The molecule has 62 valence electrons. The van der Waals surface area contributed by atoms with E-state index in [9.17, 15) is 0 Å². The molecule has 0 aromatic carbocycles. The van der Waals surface area contributed by atoms with Crippen LogP contribution in [0.25, 0.3) is 0 Å². The predicted molar refractivity (Wildman–Crippen MR) is 47.7 cm³/mol. The molecule has 11 heavy (non-hydrogen) atoms. The third-order valence-corrected chi connectivity index (χ3v) is 0.994. The first kappa shape index (κ1) is 10.0. The summed E-state index contributed by atoms with van der Waals surface area (Å²) in [6, 6.07) is 0. The number of hydrogen-bond acceptors (Lipinski definition) is 3. The van der Waals surface area contributed by atoms with Crippen molar-refractivity contribution >= 4 is 18.6 Å². The molecule has 0 aromatic rings. The fourth-order valence-electron chi connectivity index (χ4n) is 0.610. The van der Waals surface area contributed by atoms with E-state index in [-0.39, 0.29) is 12.4 Å². The maximum absolute atomic E-state index is 5.15. The molecule has 1 aliphatic heterocycles. The third-order valence-electron chi connectivity index (χ3n) is 0.994. The summed E-state index contributed by atoms with van der Waals surface area (Å²) in [5.74, 6) is 0.688. The molecule has 0 spiro atoms. The van der Waals surface area contributed by atoms with Crippen molar-refractivity contribution in [3.63, 3.8) is 0 Å². The summed E-state index contributed by atoms with van der Waals surface area (Å²) in [7, 11) is 0. The lowest BCUT2D eigenvalue weighted by atomic mass is 10.5. The van der Waals surface area contributed by atoms with Crippen molar-refractivity contribution in [3.8, 4) is 0 Å². The minimum absolute atomic E-state index is 0. The second-order valence-electron chi connectivity index (χ2n) is 1.74. The maximum atomic E-state index is 5.15. The van der Waals surface area contributed by atoms with Gasteiger partial charge in [0.25, 0.3) is 0 Å². The second-order valence-corrected chi connectivity index (χ2v) is 1.74. The van der Waals surface area contributed by atoms with Crippen LogP contribution < -0.4 is 5.43 Å². The SMILES string of the molecule is CCOC1=CC=CC=NN1.Cl. The first-order valence-electron chi connectivity index (χ1n) is 3.22. The number of allylic oxidation sites excluding steroid dienone is 3. The summed E-state index contributed by atoms with van der Waals surface area (Å²) < 4.78 is 5.15. The van der Waals surface area contributed by atoms with Crippen LogP contribution in [0, 0.1) is 0 Å². The quantitative estimate of drug-likeness (QED) is 0.687. The van der Waals surface area contributed by atoms with Gasteiger partial charge in [0.2, 0.25) is 5.88 Å². The van der Waals surface area contributed by atoms with Gasteiger partial charge in [0.1, 0.15) is 0 Å². The summed E-state index contributed by atoms with van der Waals surface area (Å²) in [6.45, 7) is 2.59. The number of nitrogens with one attached hydrogen (secondary N) is 1. The number of halogens is 1. The fraction of sp³-hybridized carbons (Fsp3) is 0.286. The van der Waals surface area contributed by atoms with Crippen LogP contribution >= 0.6 is 12.4 Å². The van der Waals surface area contributed by atoms with Gasteiger partial charge in [-0.3, -0.25) is 0 Å². The number of hydrogen-bond donors (Lipinski definition) is 1. The van der Waals surface area contributed by atoms with Crippen molar-refractivity contribution in [2.24, 2.45) is 5.10 Å². The van der Waals surface area contributed by atoms with Crippen LogP contribution in [0.5, 0.6) is 0 Å². The molecular formula is C7H11ClN2O. The smallest absolute Gasteiger partial charge is 0.207 e. The molecular weight excluding hydrogens is 164 g/mol. The average Bonchev–Trinajstić information content (AvgIpc) is 2.17. The van der Waals surface area contributed by atoms with Gasteiger partial charge in [-0.15, -0.1) is 12.4 Å². The summed E-state index contributed by atoms with van der Waals surface area (Å²) in [5, 5.41) is 3.82. The summed E-state index contributed by atoms with van der Waals surface area (Å²) in [5.41, 5.74) is 2.73. The molecule has 0 fully saturated rings. The predicted octanol–water partition coefficient (Wildman–Crippen LogP) is 1.43. The lowest BCUT2D eigenvalue weighted by Crippen LogP contribution is -2.07. The van der Waals surface area contributed by atoms with E-state index in [0.29, 0.717) is 12.5 Å². The van der Waals surface area contributed by atoms with Crippen molar-refractivity contribution in [1.82, 2.24) is 5.43 Å². The highest BCUT2D eigenvalue weighted by molar-refractivity contribution is 5.85. The molecule has 1 aliphatic rings. The van der Waals surface area contributed by atoms with Gasteiger partial charge < -0.3 is 4.74 Å². The lowest BCUT2D eigenvalue weighted by molar-refractivity contribution is 0.207. The van der Waals surface area contributed by atoms with Crippen molar-refractivity contribution in [1.29, 1.82) is 0 Å². The van der Waals surface area contributed by atoms with Crippen molar-refractivity contribution in [2.45, 2.75) is 6.92 Å². The maximum Gasteiger partial charge on any atom is 0.207 e. The minimum Gasteiger partial charge on any atom is -0.478 e. The third kappa shape index (κ3) is 3.68. The molecule has 0 atom stereocenters. The van der Waals surface area contributed by atoms with Crippen LogP contribution in [0.2, 0.25) is 0 Å². The molecule has 1 heterocycles. The van der Waals surface area contributed by atoms with Crippen LogP contribution in [0.1, 0.15) is 6.92 Å². The van der Waals surface area contributed by atoms with Crippen molar-refractivity contribution in [3.05, 3.63) is 24.1 Å². The number of nitrogens with zero attached hydrogens (tertiary/aromatic N) is 1. The largest absolute Gasteiger partial charge is 0.478 e. The van der Waals surface area contributed by atoms with Gasteiger partial charge in [0, 0.05) is 6.21 Å². The zero-order valence-corrected chi connectivity index (χ0v) is 7.10. The molecule has 0 saturated heterocycles. The van der Waals surface area contributed by atoms with E-state index < -0.39 is 0 Å². The Morgan fingerprint density at radius 2 is 2.36 bits per heavy atom. The Morgan fingerprint density at radius 3 is 3.09 bits per heavy atom. The highest BCUT2D eigenvalue weighted by Gasteiger charge is 1.91. The molecule has 0 bridgehead atoms. The summed E-state index contributed by atoms with van der Waals surface area (Å²) in [4.78, 5) is 0. The molecule has 0 aliphatic carbocycles.